The van der Waals surface area contributed by atoms with Crippen molar-refractivity contribution in [1.29, 1.82) is 0 Å². The normalized spacial score (nSPS) is 19.4. The average molecular weight is 316 g/mol. The van der Waals surface area contributed by atoms with Gasteiger partial charge < -0.3 is 0 Å². The Morgan fingerprint density at radius 1 is 1.23 bits per heavy atom. The molecule has 2 aromatic rings. The lowest BCUT2D eigenvalue weighted by Gasteiger charge is -2.24. The molecule has 1 unspecified atom stereocenters. The zero-order valence-electron chi connectivity index (χ0n) is 12.6. The Bertz CT molecular complexity index is 727. The topological polar surface area (TPSA) is 50.3 Å². The van der Waals surface area contributed by atoms with E-state index in [4.69, 9.17) is 0 Å². The zero-order valence-corrected chi connectivity index (χ0v) is 13.5. The van der Waals surface area contributed by atoms with Gasteiger partial charge in [-0.3, -0.25) is 4.98 Å². The Hall–Kier alpha value is -1.72. The molecular formula is C17H20N2O2S. The summed E-state index contributed by atoms with van der Waals surface area (Å²) >= 11 is 0. The SMILES string of the molecule is Cc1ccc(CS(=O)(=O)N2CCCC2c2cccnc2)cc1. The lowest BCUT2D eigenvalue weighted by Crippen LogP contribution is -2.31. The maximum absolute atomic E-state index is 12.8. The van der Waals surface area contributed by atoms with Gasteiger partial charge in [0.2, 0.25) is 10.0 Å². The monoisotopic (exact) mass is 316 g/mol. The number of benzene rings is 1. The summed E-state index contributed by atoms with van der Waals surface area (Å²) in [6.07, 6.45) is 5.24. The Morgan fingerprint density at radius 2 is 2.00 bits per heavy atom. The van der Waals surface area contributed by atoms with Gasteiger partial charge in [0.25, 0.3) is 0 Å². The van der Waals surface area contributed by atoms with Gasteiger partial charge in [-0.2, -0.15) is 4.31 Å². The lowest BCUT2D eigenvalue weighted by molar-refractivity contribution is 0.395. The fourth-order valence-corrected chi connectivity index (χ4v) is 4.76. The highest BCUT2D eigenvalue weighted by molar-refractivity contribution is 7.88. The van der Waals surface area contributed by atoms with Crippen LogP contribution in [0.15, 0.2) is 48.8 Å². The van der Waals surface area contributed by atoms with Gasteiger partial charge in [0.15, 0.2) is 0 Å². The summed E-state index contributed by atoms with van der Waals surface area (Å²) in [7, 11) is -3.32. The summed E-state index contributed by atoms with van der Waals surface area (Å²) in [6, 6.07) is 11.4. The number of aryl methyl sites for hydroxylation is 1. The number of nitrogens with zero attached hydrogens (tertiary/aromatic N) is 2. The molecule has 2 heterocycles. The van der Waals surface area contributed by atoms with E-state index in [9.17, 15) is 8.42 Å². The highest BCUT2D eigenvalue weighted by atomic mass is 32.2. The molecule has 1 aromatic carbocycles. The first kappa shape index (κ1) is 15.2. The molecule has 0 saturated carbocycles. The summed E-state index contributed by atoms with van der Waals surface area (Å²) in [5.74, 6) is 0.0596. The predicted molar refractivity (Wildman–Crippen MR) is 86.7 cm³/mol. The molecule has 1 aliphatic rings. The molecule has 0 spiro atoms. The van der Waals surface area contributed by atoms with E-state index in [1.54, 1.807) is 16.7 Å². The minimum absolute atomic E-state index is 0.0596. The second kappa shape index (κ2) is 6.18. The van der Waals surface area contributed by atoms with E-state index in [0.29, 0.717) is 6.54 Å². The number of aromatic nitrogens is 1. The van der Waals surface area contributed by atoms with Gasteiger partial charge in [-0.25, -0.2) is 8.42 Å². The van der Waals surface area contributed by atoms with Gasteiger partial charge in [-0.05, 0) is 37.0 Å². The predicted octanol–water partition coefficient (Wildman–Crippen LogP) is 3.06. The van der Waals surface area contributed by atoms with Gasteiger partial charge in [-0.1, -0.05) is 35.9 Å². The van der Waals surface area contributed by atoms with Crippen molar-refractivity contribution in [2.45, 2.75) is 31.6 Å². The van der Waals surface area contributed by atoms with Crippen LogP contribution in [0.4, 0.5) is 0 Å². The van der Waals surface area contributed by atoms with Crippen molar-refractivity contribution in [3.8, 4) is 0 Å². The molecule has 116 valence electrons. The lowest BCUT2D eigenvalue weighted by atomic mass is 10.1. The first-order valence-electron chi connectivity index (χ1n) is 7.51. The smallest absolute Gasteiger partial charge is 0.218 e. The van der Waals surface area contributed by atoms with Crippen LogP contribution in [-0.2, 0) is 15.8 Å². The highest BCUT2D eigenvalue weighted by Crippen LogP contribution is 2.34. The van der Waals surface area contributed by atoms with Crippen LogP contribution in [-0.4, -0.2) is 24.3 Å². The van der Waals surface area contributed by atoms with Crippen LogP contribution in [0.5, 0.6) is 0 Å². The van der Waals surface area contributed by atoms with E-state index in [0.717, 1.165) is 29.5 Å². The largest absolute Gasteiger partial charge is 0.264 e. The van der Waals surface area contributed by atoms with Crippen molar-refractivity contribution in [3.05, 3.63) is 65.5 Å². The molecule has 1 atom stereocenters. The van der Waals surface area contributed by atoms with Gasteiger partial charge in [0.1, 0.15) is 0 Å². The fourth-order valence-electron chi connectivity index (χ4n) is 2.96. The molecule has 1 saturated heterocycles. The summed E-state index contributed by atoms with van der Waals surface area (Å²) in [5.41, 5.74) is 2.95. The summed E-state index contributed by atoms with van der Waals surface area (Å²) in [4.78, 5) is 4.12. The van der Waals surface area contributed by atoms with Crippen LogP contribution in [0.3, 0.4) is 0 Å². The second-order valence-corrected chi connectivity index (χ2v) is 7.72. The number of hydrogen-bond acceptors (Lipinski definition) is 3. The molecule has 1 fully saturated rings. The molecule has 4 nitrogen and oxygen atoms in total. The zero-order chi connectivity index (χ0) is 15.6. The Kier molecular flexibility index (Phi) is 4.27. The Labute approximate surface area is 131 Å². The highest BCUT2D eigenvalue weighted by Gasteiger charge is 2.35. The van der Waals surface area contributed by atoms with Crippen molar-refractivity contribution >= 4 is 10.0 Å². The van der Waals surface area contributed by atoms with Crippen molar-refractivity contribution in [3.63, 3.8) is 0 Å². The number of rotatable bonds is 4. The van der Waals surface area contributed by atoms with Crippen molar-refractivity contribution < 1.29 is 8.42 Å². The summed E-state index contributed by atoms with van der Waals surface area (Å²) < 4.78 is 27.2. The van der Waals surface area contributed by atoms with Gasteiger partial charge in [0.05, 0.1) is 11.8 Å². The minimum Gasteiger partial charge on any atom is -0.264 e. The van der Waals surface area contributed by atoms with Crippen LogP contribution >= 0.6 is 0 Å². The van der Waals surface area contributed by atoms with Crippen LogP contribution in [0, 0.1) is 6.92 Å². The van der Waals surface area contributed by atoms with Crippen LogP contribution in [0.2, 0.25) is 0 Å². The molecule has 5 heteroatoms. The van der Waals surface area contributed by atoms with Crippen molar-refractivity contribution in [2.75, 3.05) is 6.54 Å². The van der Waals surface area contributed by atoms with Gasteiger partial charge >= 0.3 is 0 Å². The van der Waals surface area contributed by atoms with Crippen LogP contribution in [0.1, 0.15) is 35.6 Å². The number of sulfonamides is 1. The maximum Gasteiger partial charge on any atom is 0.218 e. The molecule has 0 N–H and O–H groups in total. The average Bonchev–Trinajstić information content (AvgIpc) is 3.01. The molecule has 0 amide bonds. The number of hydrogen-bond donors (Lipinski definition) is 0. The van der Waals surface area contributed by atoms with Crippen LogP contribution < -0.4 is 0 Å². The van der Waals surface area contributed by atoms with Gasteiger partial charge in [0, 0.05) is 18.9 Å². The van der Waals surface area contributed by atoms with Gasteiger partial charge in [-0.15, -0.1) is 0 Å². The molecular weight excluding hydrogens is 296 g/mol. The van der Waals surface area contributed by atoms with Crippen molar-refractivity contribution in [1.82, 2.24) is 9.29 Å². The van der Waals surface area contributed by atoms with E-state index >= 15 is 0 Å². The molecule has 1 aromatic heterocycles. The van der Waals surface area contributed by atoms with Crippen LogP contribution in [0.25, 0.3) is 0 Å². The minimum atomic E-state index is -3.32. The van der Waals surface area contributed by atoms with E-state index in [1.165, 1.54) is 0 Å². The fraction of sp³-hybridized carbons (Fsp3) is 0.353. The second-order valence-electron chi connectivity index (χ2n) is 5.80. The Morgan fingerprint density at radius 3 is 2.68 bits per heavy atom. The molecule has 0 radical (unpaired) electrons. The summed E-state index contributed by atoms with van der Waals surface area (Å²) in [6.45, 7) is 2.59. The van der Waals surface area contributed by atoms with Crippen molar-refractivity contribution in [2.24, 2.45) is 0 Å². The van der Waals surface area contributed by atoms with E-state index in [2.05, 4.69) is 4.98 Å². The quantitative estimate of drug-likeness (QED) is 0.871. The third kappa shape index (κ3) is 3.20. The molecule has 0 aliphatic carbocycles. The summed E-state index contributed by atoms with van der Waals surface area (Å²) in [5, 5.41) is 0. The maximum atomic E-state index is 12.8. The standard InChI is InChI=1S/C17H20N2O2S/c1-14-6-8-15(9-7-14)13-22(20,21)19-11-3-5-17(19)16-4-2-10-18-12-16/h2,4,6-10,12,17H,3,5,11,13H2,1H3. The third-order valence-corrected chi connectivity index (χ3v) is 5.95. The number of pyridine rings is 1. The molecule has 0 bridgehead atoms. The van der Waals surface area contributed by atoms with E-state index in [-0.39, 0.29) is 11.8 Å². The molecule has 3 rings (SSSR count). The van der Waals surface area contributed by atoms with E-state index in [1.807, 2.05) is 43.3 Å². The first-order valence-corrected chi connectivity index (χ1v) is 9.12. The molecule has 22 heavy (non-hydrogen) atoms. The Balaban J connectivity index is 1.83. The third-order valence-electron chi connectivity index (χ3n) is 4.10. The first-order chi connectivity index (χ1) is 10.6. The van der Waals surface area contributed by atoms with E-state index < -0.39 is 10.0 Å². The molecule has 1 aliphatic heterocycles.